The van der Waals surface area contributed by atoms with Gasteiger partial charge >= 0.3 is 5.97 Å². The smallest absolute Gasteiger partial charge is 0.303 e. The number of carbonyl (C=O) groups is 1. The number of aliphatic hydroxyl groups excluding tert-OH is 3. The molecule has 1 aromatic carbocycles. The van der Waals surface area contributed by atoms with Gasteiger partial charge in [0.25, 0.3) is 0 Å². The Morgan fingerprint density at radius 2 is 2.07 bits per heavy atom. The molecule has 0 heterocycles. The lowest BCUT2D eigenvalue weighted by Crippen LogP contribution is -2.21. The van der Waals surface area contributed by atoms with E-state index in [9.17, 15) is 20.1 Å². The first-order valence-corrected chi connectivity index (χ1v) is 10.2. The summed E-state index contributed by atoms with van der Waals surface area (Å²) in [7, 11) is 0. The molecule has 0 aliphatic heterocycles. The molecule has 1 fully saturated rings. The molecule has 0 spiro atoms. The average molecular weight is 425 g/mol. The van der Waals surface area contributed by atoms with Crippen molar-refractivity contribution in [1.82, 2.24) is 0 Å². The Balaban J connectivity index is 1.83. The molecule has 1 saturated carbocycles. The molecular weight excluding hydrogens is 396 g/mol. The minimum absolute atomic E-state index is 0.0519. The van der Waals surface area contributed by atoms with Crippen LogP contribution in [0.5, 0.6) is 5.75 Å². The summed E-state index contributed by atoms with van der Waals surface area (Å²) in [6.45, 7) is 0.0519. The molecule has 2 rings (SSSR count). The van der Waals surface area contributed by atoms with Gasteiger partial charge in [-0.05, 0) is 43.4 Å². The van der Waals surface area contributed by atoms with Crippen molar-refractivity contribution in [1.29, 1.82) is 0 Å². The molecular formula is C22H29ClO6. The van der Waals surface area contributed by atoms with Gasteiger partial charge in [-0.2, -0.15) is 0 Å². The van der Waals surface area contributed by atoms with E-state index in [0.29, 0.717) is 36.5 Å². The van der Waals surface area contributed by atoms with Crippen LogP contribution in [0, 0.1) is 11.8 Å². The SMILES string of the molecule is O=C(O)CCC/C=C\C[C@@H]1C(C=C[C@@H](O)COc2cccc(Cl)c2)[C@H](O)C[C@H]1O. The van der Waals surface area contributed by atoms with E-state index in [-0.39, 0.29) is 24.9 Å². The maximum atomic E-state index is 10.5. The number of ether oxygens (including phenoxy) is 1. The van der Waals surface area contributed by atoms with Crippen molar-refractivity contribution in [2.24, 2.45) is 11.8 Å². The normalized spacial score (nSPS) is 25.7. The maximum Gasteiger partial charge on any atom is 0.303 e. The average Bonchev–Trinajstić information content (AvgIpc) is 2.93. The van der Waals surface area contributed by atoms with Crippen LogP contribution in [0.4, 0.5) is 0 Å². The highest BCUT2D eigenvalue weighted by Crippen LogP contribution is 2.36. The van der Waals surface area contributed by atoms with Crippen LogP contribution in [-0.2, 0) is 4.79 Å². The predicted molar refractivity (Wildman–Crippen MR) is 111 cm³/mol. The number of hydrogen-bond donors (Lipinski definition) is 4. The number of benzene rings is 1. The van der Waals surface area contributed by atoms with Crippen LogP contribution in [-0.4, -0.2) is 51.3 Å². The number of allylic oxidation sites excluding steroid dienone is 2. The predicted octanol–water partition coefficient (Wildman–Crippen LogP) is 3.20. The minimum Gasteiger partial charge on any atom is -0.491 e. The first-order chi connectivity index (χ1) is 13.9. The lowest BCUT2D eigenvalue weighted by molar-refractivity contribution is -0.137. The number of hydrogen-bond acceptors (Lipinski definition) is 5. The zero-order valence-electron chi connectivity index (χ0n) is 16.2. The van der Waals surface area contributed by atoms with Gasteiger partial charge in [-0.3, -0.25) is 4.79 Å². The van der Waals surface area contributed by atoms with Crippen molar-refractivity contribution in [3.63, 3.8) is 0 Å². The molecule has 1 aliphatic carbocycles. The van der Waals surface area contributed by atoms with Crippen molar-refractivity contribution >= 4 is 17.6 Å². The van der Waals surface area contributed by atoms with Crippen molar-refractivity contribution in [2.45, 2.75) is 50.4 Å². The van der Waals surface area contributed by atoms with E-state index in [0.717, 1.165) is 0 Å². The molecule has 0 aromatic heterocycles. The van der Waals surface area contributed by atoms with Gasteiger partial charge in [-0.15, -0.1) is 0 Å². The van der Waals surface area contributed by atoms with E-state index < -0.39 is 24.3 Å². The molecule has 4 N–H and O–H groups in total. The van der Waals surface area contributed by atoms with Gasteiger partial charge in [0.2, 0.25) is 0 Å². The third-order valence-corrected chi connectivity index (χ3v) is 5.26. The molecule has 7 heteroatoms. The van der Waals surface area contributed by atoms with Crippen molar-refractivity contribution in [3.05, 3.63) is 53.6 Å². The van der Waals surface area contributed by atoms with Crippen molar-refractivity contribution in [2.75, 3.05) is 6.61 Å². The van der Waals surface area contributed by atoms with E-state index >= 15 is 0 Å². The summed E-state index contributed by atoms with van der Waals surface area (Å²) in [4.78, 5) is 10.5. The highest BCUT2D eigenvalue weighted by atomic mass is 35.5. The number of carboxylic acids is 1. The molecule has 1 unspecified atom stereocenters. The summed E-state index contributed by atoms with van der Waals surface area (Å²) in [5.74, 6) is -0.671. The van der Waals surface area contributed by atoms with Gasteiger partial charge < -0.3 is 25.2 Å². The summed E-state index contributed by atoms with van der Waals surface area (Å²) in [6.07, 6.45) is 7.26. The fraction of sp³-hybridized carbons (Fsp3) is 0.500. The van der Waals surface area contributed by atoms with Crippen LogP contribution in [0.2, 0.25) is 5.02 Å². The topological polar surface area (TPSA) is 107 Å². The number of aliphatic carboxylic acids is 1. The first-order valence-electron chi connectivity index (χ1n) is 9.84. The van der Waals surface area contributed by atoms with Crippen LogP contribution in [0.25, 0.3) is 0 Å². The quantitative estimate of drug-likeness (QED) is 0.321. The lowest BCUT2D eigenvalue weighted by Gasteiger charge is -2.19. The second-order valence-corrected chi connectivity index (χ2v) is 7.76. The summed E-state index contributed by atoms with van der Waals surface area (Å²) >= 11 is 5.90. The Morgan fingerprint density at radius 1 is 1.28 bits per heavy atom. The monoisotopic (exact) mass is 424 g/mol. The molecule has 6 nitrogen and oxygen atoms in total. The number of rotatable bonds is 11. The summed E-state index contributed by atoms with van der Waals surface area (Å²) in [6, 6.07) is 6.90. The molecule has 29 heavy (non-hydrogen) atoms. The molecule has 0 radical (unpaired) electrons. The first kappa shape index (κ1) is 23.4. The van der Waals surface area contributed by atoms with Gasteiger partial charge in [0, 0.05) is 23.8 Å². The van der Waals surface area contributed by atoms with Gasteiger partial charge in [0.15, 0.2) is 0 Å². The van der Waals surface area contributed by atoms with Gasteiger partial charge in [0.1, 0.15) is 18.5 Å². The summed E-state index contributed by atoms with van der Waals surface area (Å²) < 4.78 is 5.51. The highest BCUT2D eigenvalue weighted by molar-refractivity contribution is 6.30. The van der Waals surface area contributed by atoms with Crippen LogP contribution in [0.3, 0.4) is 0 Å². The molecule has 5 atom stereocenters. The standard InChI is InChI=1S/C22H29ClO6/c23-15-6-5-7-17(12-15)29-14-16(24)10-11-19-18(20(25)13-21(19)26)8-3-1-2-4-9-22(27)28/h1,3,5-7,10-12,16,18-21,24-26H,2,4,8-9,13-14H2,(H,27,28)/b3-1-,11-10?/t16-,18-,19?,20-,21-/m1/s1. The summed E-state index contributed by atoms with van der Waals surface area (Å²) in [5.41, 5.74) is 0. The molecule has 0 amide bonds. The Morgan fingerprint density at radius 3 is 2.79 bits per heavy atom. The van der Waals surface area contributed by atoms with Crippen LogP contribution in [0.1, 0.15) is 32.1 Å². The van der Waals surface area contributed by atoms with Crippen molar-refractivity contribution in [3.8, 4) is 5.75 Å². The van der Waals surface area contributed by atoms with Crippen LogP contribution >= 0.6 is 11.6 Å². The molecule has 1 aliphatic rings. The molecule has 0 bridgehead atoms. The van der Waals surface area contributed by atoms with Crippen LogP contribution < -0.4 is 4.74 Å². The summed E-state index contributed by atoms with van der Waals surface area (Å²) in [5, 5.41) is 39.8. The van der Waals surface area contributed by atoms with Gasteiger partial charge in [-0.25, -0.2) is 0 Å². The Kier molecular flexibility index (Phi) is 9.67. The number of halogens is 1. The molecule has 0 saturated heterocycles. The van der Waals surface area contributed by atoms with E-state index in [1.165, 1.54) is 0 Å². The number of carboxylic acid groups (broad SMARTS) is 1. The largest absolute Gasteiger partial charge is 0.491 e. The van der Waals surface area contributed by atoms with E-state index in [2.05, 4.69) is 0 Å². The highest BCUT2D eigenvalue weighted by Gasteiger charge is 2.39. The third-order valence-electron chi connectivity index (χ3n) is 5.02. The Hall–Kier alpha value is -1.86. The van der Waals surface area contributed by atoms with Gasteiger partial charge in [0.05, 0.1) is 12.2 Å². The zero-order chi connectivity index (χ0) is 21.2. The van der Waals surface area contributed by atoms with E-state index in [1.54, 1.807) is 36.4 Å². The molecule has 1 aromatic rings. The van der Waals surface area contributed by atoms with Crippen LogP contribution in [0.15, 0.2) is 48.6 Å². The maximum absolute atomic E-state index is 10.5. The Bertz CT molecular complexity index is 704. The van der Waals surface area contributed by atoms with Crippen molar-refractivity contribution < 1.29 is 30.0 Å². The minimum atomic E-state index is -0.855. The van der Waals surface area contributed by atoms with E-state index in [1.807, 2.05) is 12.2 Å². The second kappa shape index (κ2) is 12.0. The molecule has 160 valence electrons. The number of unbranched alkanes of at least 4 members (excludes halogenated alkanes) is 1. The third kappa shape index (κ3) is 8.19. The second-order valence-electron chi connectivity index (χ2n) is 7.33. The van der Waals surface area contributed by atoms with E-state index in [4.69, 9.17) is 21.4 Å². The lowest BCUT2D eigenvalue weighted by atomic mass is 9.89. The number of aliphatic hydroxyl groups is 3. The Labute approximate surface area is 176 Å². The van der Waals surface area contributed by atoms with Gasteiger partial charge in [-0.1, -0.05) is 42.0 Å². The fourth-order valence-electron chi connectivity index (χ4n) is 3.50. The zero-order valence-corrected chi connectivity index (χ0v) is 17.0. The fourth-order valence-corrected chi connectivity index (χ4v) is 3.68.